The molecule has 0 aromatic heterocycles. The van der Waals surface area contributed by atoms with Crippen molar-refractivity contribution in [3.63, 3.8) is 0 Å². The van der Waals surface area contributed by atoms with Crippen molar-refractivity contribution in [1.82, 2.24) is 5.32 Å². The fourth-order valence-corrected chi connectivity index (χ4v) is 1.92. The van der Waals surface area contributed by atoms with Crippen molar-refractivity contribution in [2.24, 2.45) is 0 Å². The van der Waals surface area contributed by atoms with Gasteiger partial charge in [0, 0.05) is 18.2 Å². The number of aliphatic hydroxyl groups excluding tert-OH is 2. The molecule has 0 heterocycles. The lowest BCUT2D eigenvalue weighted by atomic mass is 9.95. The summed E-state index contributed by atoms with van der Waals surface area (Å²) in [5.74, 6) is 0. The number of rotatable bonds is 7. The normalized spacial score (nSPS) is 13.3. The highest BCUT2D eigenvalue weighted by Crippen LogP contribution is 2.22. The molecule has 6 nitrogen and oxygen atoms in total. The fourth-order valence-electron chi connectivity index (χ4n) is 1.92. The Balaban J connectivity index is 2.91. The van der Waals surface area contributed by atoms with Crippen LogP contribution in [0.25, 0.3) is 0 Å². The molecular weight excluding hydrogens is 248 g/mol. The number of nitro groups is 1. The lowest BCUT2D eigenvalue weighted by molar-refractivity contribution is -0.384. The van der Waals surface area contributed by atoms with E-state index in [0.29, 0.717) is 6.42 Å². The van der Waals surface area contributed by atoms with E-state index in [4.69, 9.17) is 0 Å². The molecule has 0 aliphatic carbocycles. The number of aliphatic hydroxyl groups is 2. The predicted molar refractivity (Wildman–Crippen MR) is 71.8 cm³/mol. The number of benzene rings is 1. The molecule has 0 aliphatic rings. The standard InChI is InChI=1S/C13H20N2O4/c1-3-13(8-16,9-17)14-10(2)11-5-4-6-12(7-11)15(18)19/h4-7,10,14,16-17H,3,8-9H2,1-2H3. The molecule has 1 atom stereocenters. The van der Waals surface area contributed by atoms with Gasteiger partial charge in [-0.15, -0.1) is 0 Å². The third-order valence-electron chi connectivity index (χ3n) is 3.39. The van der Waals surface area contributed by atoms with Crippen LogP contribution in [0.15, 0.2) is 24.3 Å². The first-order valence-electron chi connectivity index (χ1n) is 6.22. The maximum absolute atomic E-state index is 10.7. The van der Waals surface area contributed by atoms with E-state index in [0.717, 1.165) is 5.56 Å². The number of nitrogens with zero attached hydrogens (tertiary/aromatic N) is 1. The zero-order chi connectivity index (χ0) is 14.5. The maximum Gasteiger partial charge on any atom is 0.269 e. The summed E-state index contributed by atoms with van der Waals surface area (Å²) in [5, 5.41) is 32.6. The molecule has 0 fully saturated rings. The molecule has 1 aromatic carbocycles. The lowest BCUT2D eigenvalue weighted by Crippen LogP contribution is -2.52. The first kappa shape index (κ1) is 15.6. The Morgan fingerprint density at radius 2 is 2.05 bits per heavy atom. The van der Waals surface area contributed by atoms with Crippen LogP contribution in [0.2, 0.25) is 0 Å². The molecular formula is C13H20N2O4. The van der Waals surface area contributed by atoms with Crippen LogP contribution in [0.5, 0.6) is 0 Å². The van der Waals surface area contributed by atoms with E-state index in [1.807, 2.05) is 13.8 Å². The van der Waals surface area contributed by atoms with Gasteiger partial charge >= 0.3 is 0 Å². The van der Waals surface area contributed by atoms with E-state index >= 15 is 0 Å². The minimum Gasteiger partial charge on any atom is -0.394 e. The molecule has 0 saturated carbocycles. The summed E-state index contributed by atoms with van der Waals surface area (Å²) in [7, 11) is 0. The Hall–Kier alpha value is -1.50. The van der Waals surface area contributed by atoms with Crippen LogP contribution in [-0.2, 0) is 0 Å². The third-order valence-corrected chi connectivity index (χ3v) is 3.39. The van der Waals surface area contributed by atoms with E-state index in [9.17, 15) is 20.3 Å². The second kappa shape index (κ2) is 6.60. The molecule has 0 radical (unpaired) electrons. The van der Waals surface area contributed by atoms with Crippen LogP contribution in [0.1, 0.15) is 31.9 Å². The number of hydrogen-bond acceptors (Lipinski definition) is 5. The van der Waals surface area contributed by atoms with Gasteiger partial charge in [0.1, 0.15) is 0 Å². The molecule has 6 heteroatoms. The van der Waals surface area contributed by atoms with Crippen molar-refractivity contribution in [1.29, 1.82) is 0 Å². The van der Waals surface area contributed by atoms with Gasteiger partial charge in [-0.05, 0) is 18.9 Å². The predicted octanol–water partition coefficient (Wildman–Crippen LogP) is 1.38. The van der Waals surface area contributed by atoms with Gasteiger partial charge in [-0.1, -0.05) is 19.1 Å². The van der Waals surface area contributed by atoms with Crippen molar-refractivity contribution in [3.05, 3.63) is 39.9 Å². The Bertz CT molecular complexity index is 424. The second-order valence-corrected chi connectivity index (χ2v) is 4.67. The average molecular weight is 268 g/mol. The summed E-state index contributed by atoms with van der Waals surface area (Å²) in [4.78, 5) is 10.3. The smallest absolute Gasteiger partial charge is 0.269 e. The SMILES string of the molecule is CCC(CO)(CO)NC(C)c1cccc([N+](=O)[O-])c1. The van der Waals surface area contributed by atoms with Crippen LogP contribution in [0.4, 0.5) is 5.69 Å². The van der Waals surface area contributed by atoms with Gasteiger partial charge in [-0.25, -0.2) is 0 Å². The molecule has 0 aliphatic heterocycles. The maximum atomic E-state index is 10.7. The quantitative estimate of drug-likeness (QED) is 0.513. The van der Waals surface area contributed by atoms with Crippen LogP contribution in [0, 0.1) is 10.1 Å². The minimum absolute atomic E-state index is 0.0289. The number of nitrogens with one attached hydrogen (secondary N) is 1. The summed E-state index contributed by atoms with van der Waals surface area (Å²) in [6, 6.07) is 6.12. The number of non-ortho nitro benzene ring substituents is 1. The third kappa shape index (κ3) is 3.73. The van der Waals surface area contributed by atoms with E-state index in [1.54, 1.807) is 12.1 Å². The monoisotopic (exact) mass is 268 g/mol. The summed E-state index contributed by atoms with van der Waals surface area (Å²) in [6.07, 6.45) is 0.555. The second-order valence-electron chi connectivity index (χ2n) is 4.67. The van der Waals surface area contributed by atoms with E-state index in [2.05, 4.69) is 5.32 Å². The molecule has 106 valence electrons. The summed E-state index contributed by atoms with van der Waals surface area (Å²) in [6.45, 7) is 3.31. The van der Waals surface area contributed by atoms with Crippen molar-refractivity contribution in [3.8, 4) is 0 Å². The van der Waals surface area contributed by atoms with Crippen molar-refractivity contribution < 1.29 is 15.1 Å². The topological polar surface area (TPSA) is 95.6 Å². The molecule has 0 saturated heterocycles. The highest BCUT2D eigenvalue weighted by atomic mass is 16.6. The van der Waals surface area contributed by atoms with Crippen LogP contribution in [-0.4, -0.2) is 33.9 Å². The first-order valence-corrected chi connectivity index (χ1v) is 6.22. The number of hydrogen-bond donors (Lipinski definition) is 3. The van der Waals surface area contributed by atoms with Gasteiger partial charge < -0.3 is 15.5 Å². The first-order chi connectivity index (χ1) is 8.98. The average Bonchev–Trinajstić information content (AvgIpc) is 2.45. The van der Waals surface area contributed by atoms with E-state index in [-0.39, 0.29) is 24.9 Å². The van der Waals surface area contributed by atoms with E-state index < -0.39 is 10.5 Å². The van der Waals surface area contributed by atoms with Crippen molar-refractivity contribution in [2.75, 3.05) is 13.2 Å². The summed E-state index contributed by atoms with van der Waals surface area (Å²) in [5.41, 5.74) is -0.000466. The highest BCUT2D eigenvalue weighted by Gasteiger charge is 2.28. The lowest BCUT2D eigenvalue weighted by Gasteiger charge is -2.33. The van der Waals surface area contributed by atoms with Crippen molar-refractivity contribution >= 4 is 5.69 Å². The van der Waals surface area contributed by atoms with Crippen LogP contribution in [0.3, 0.4) is 0 Å². The largest absolute Gasteiger partial charge is 0.394 e. The molecule has 19 heavy (non-hydrogen) atoms. The molecule has 3 N–H and O–H groups in total. The van der Waals surface area contributed by atoms with Gasteiger partial charge in [0.15, 0.2) is 0 Å². The van der Waals surface area contributed by atoms with Gasteiger partial charge in [0.25, 0.3) is 5.69 Å². The molecule has 0 spiro atoms. The van der Waals surface area contributed by atoms with E-state index in [1.165, 1.54) is 12.1 Å². The summed E-state index contributed by atoms with van der Waals surface area (Å²) >= 11 is 0. The molecule has 1 rings (SSSR count). The van der Waals surface area contributed by atoms with Gasteiger partial charge in [-0.2, -0.15) is 0 Å². The minimum atomic E-state index is -0.774. The van der Waals surface area contributed by atoms with Gasteiger partial charge in [-0.3, -0.25) is 10.1 Å². The Morgan fingerprint density at radius 1 is 1.42 bits per heavy atom. The zero-order valence-electron chi connectivity index (χ0n) is 11.2. The van der Waals surface area contributed by atoms with Crippen molar-refractivity contribution in [2.45, 2.75) is 31.8 Å². The molecule has 1 aromatic rings. The van der Waals surface area contributed by atoms with Crippen LogP contribution < -0.4 is 5.32 Å². The van der Waals surface area contributed by atoms with Gasteiger partial charge in [0.2, 0.25) is 0 Å². The highest BCUT2D eigenvalue weighted by molar-refractivity contribution is 5.35. The Morgan fingerprint density at radius 3 is 2.53 bits per heavy atom. The molecule has 0 amide bonds. The summed E-state index contributed by atoms with van der Waals surface area (Å²) < 4.78 is 0. The zero-order valence-corrected chi connectivity index (χ0v) is 11.2. The Kier molecular flexibility index (Phi) is 5.41. The fraction of sp³-hybridized carbons (Fsp3) is 0.538. The van der Waals surface area contributed by atoms with Gasteiger partial charge in [0.05, 0.1) is 23.7 Å². The van der Waals surface area contributed by atoms with Crippen LogP contribution >= 0.6 is 0 Å². The molecule has 0 bridgehead atoms. The number of nitro benzene ring substituents is 1. The molecule has 1 unspecified atom stereocenters. The Labute approximate surface area is 112 Å².